The van der Waals surface area contributed by atoms with Crippen LogP contribution < -0.4 is 0 Å². The van der Waals surface area contributed by atoms with Crippen molar-refractivity contribution in [2.45, 2.75) is 43.4 Å². The van der Waals surface area contributed by atoms with Gasteiger partial charge in [-0.25, -0.2) is 4.79 Å². The van der Waals surface area contributed by atoms with Gasteiger partial charge in [0.1, 0.15) is 6.04 Å². The number of fused-ring (bicyclic) bond motifs is 2. The van der Waals surface area contributed by atoms with Crippen LogP contribution >= 0.6 is 0 Å². The van der Waals surface area contributed by atoms with Crippen molar-refractivity contribution in [1.82, 2.24) is 9.80 Å². The number of carbonyl (C=O) groups is 2. The highest BCUT2D eigenvalue weighted by Crippen LogP contribution is 2.38. The summed E-state index contributed by atoms with van der Waals surface area (Å²) in [7, 11) is 0. The van der Waals surface area contributed by atoms with Crippen LogP contribution in [0.3, 0.4) is 0 Å². The molecular weight excluding hydrogens is 412 g/mol. The van der Waals surface area contributed by atoms with E-state index >= 15 is 0 Å². The van der Waals surface area contributed by atoms with Gasteiger partial charge in [-0.1, -0.05) is 91.0 Å². The predicted octanol–water partition coefficient (Wildman–Crippen LogP) is 4.15. The third-order valence-corrected chi connectivity index (χ3v) is 7.06. The van der Waals surface area contributed by atoms with Crippen LogP contribution in [0.4, 0.5) is 0 Å². The molecule has 5 nitrogen and oxygen atoms in total. The lowest BCUT2D eigenvalue weighted by Crippen LogP contribution is -2.64. The first-order valence-electron chi connectivity index (χ1n) is 11.6. The summed E-state index contributed by atoms with van der Waals surface area (Å²) in [5.41, 5.74) is 2.94. The van der Waals surface area contributed by atoms with Crippen molar-refractivity contribution in [3.05, 3.63) is 108 Å². The van der Waals surface area contributed by atoms with E-state index in [9.17, 15) is 14.7 Å². The molecule has 2 saturated heterocycles. The van der Waals surface area contributed by atoms with Crippen LogP contribution in [0.15, 0.2) is 91.0 Å². The summed E-state index contributed by atoms with van der Waals surface area (Å²) in [6, 6.07) is 28.7. The highest BCUT2D eigenvalue weighted by molar-refractivity contribution is 5.91. The van der Waals surface area contributed by atoms with Crippen molar-refractivity contribution < 1.29 is 14.7 Å². The number of rotatable bonds is 6. The summed E-state index contributed by atoms with van der Waals surface area (Å²) in [5, 5.41) is 10.3. The molecule has 1 amide bonds. The van der Waals surface area contributed by atoms with Crippen LogP contribution in [0.1, 0.15) is 35.4 Å². The lowest BCUT2D eigenvalue weighted by molar-refractivity contribution is -0.158. The van der Waals surface area contributed by atoms with Crippen molar-refractivity contribution in [2.75, 3.05) is 6.54 Å². The molecule has 3 aromatic carbocycles. The number of hydrogen-bond donors (Lipinski definition) is 1. The molecule has 168 valence electrons. The number of carbonyl (C=O) groups excluding carboxylic acids is 1. The Labute approximate surface area is 194 Å². The van der Waals surface area contributed by atoms with Gasteiger partial charge in [-0.15, -0.1) is 0 Å². The summed E-state index contributed by atoms with van der Waals surface area (Å²) in [6.07, 6.45) is 1.70. The number of carboxylic acids is 1. The first-order valence-corrected chi connectivity index (χ1v) is 11.6. The van der Waals surface area contributed by atoms with Gasteiger partial charge >= 0.3 is 5.97 Å². The molecule has 2 aliphatic rings. The van der Waals surface area contributed by atoms with Gasteiger partial charge in [0.25, 0.3) is 0 Å². The largest absolute Gasteiger partial charge is 0.480 e. The maximum atomic E-state index is 14.0. The number of carboxylic acid groups (broad SMARTS) is 1. The molecule has 2 aliphatic heterocycles. The molecule has 3 atom stereocenters. The van der Waals surface area contributed by atoms with Crippen LogP contribution in [-0.2, 0) is 16.1 Å². The maximum absolute atomic E-state index is 14.0. The van der Waals surface area contributed by atoms with Crippen LogP contribution in [-0.4, -0.2) is 51.5 Å². The van der Waals surface area contributed by atoms with Gasteiger partial charge in [0.15, 0.2) is 0 Å². The lowest BCUT2D eigenvalue weighted by atomic mass is 9.88. The van der Waals surface area contributed by atoms with E-state index in [4.69, 9.17) is 0 Å². The van der Waals surface area contributed by atoms with Gasteiger partial charge in [-0.3, -0.25) is 9.69 Å². The molecule has 2 heterocycles. The summed E-state index contributed by atoms with van der Waals surface area (Å²) < 4.78 is 0. The number of hydrogen-bond acceptors (Lipinski definition) is 3. The molecule has 0 radical (unpaired) electrons. The standard InChI is InChI=1S/C28H28N2O3/c31-27(25(21-12-6-2-7-13-21)22-14-8-3-9-15-22)30-19-23-16-17-24(26(30)28(32)33)29(23)18-20-10-4-1-5-11-20/h1-15,23-26H,16-19H2,(H,32,33)/t23-,24+,26-/m0/s1. The second kappa shape index (κ2) is 9.20. The highest BCUT2D eigenvalue weighted by atomic mass is 16.4. The third kappa shape index (κ3) is 4.16. The smallest absolute Gasteiger partial charge is 0.328 e. The fraction of sp³-hybridized carbons (Fsp3) is 0.286. The summed E-state index contributed by atoms with van der Waals surface area (Å²) in [4.78, 5) is 30.5. The Morgan fingerprint density at radius 1 is 0.818 bits per heavy atom. The number of aliphatic carboxylic acids is 1. The molecule has 0 unspecified atom stereocenters. The van der Waals surface area contributed by atoms with Crippen molar-refractivity contribution >= 4 is 11.9 Å². The zero-order valence-electron chi connectivity index (χ0n) is 18.5. The molecule has 0 saturated carbocycles. The van der Waals surface area contributed by atoms with Crippen molar-refractivity contribution in [3.8, 4) is 0 Å². The summed E-state index contributed by atoms with van der Waals surface area (Å²) in [6.45, 7) is 1.15. The monoisotopic (exact) mass is 440 g/mol. The van der Waals surface area contributed by atoms with Crippen LogP contribution in [0.2, 0.25) is 0 Å². The van der Waals surface area contributed by atoms with E-state index in [2.05, 4.69) is 17.0 Å². The molecule has 2 fully saturated rings. The Morgan fingerprint density at radius 3 is 1.91 bits per heavy atom. The van der Waals surface area contributed by atoms with Gasteiger partial charge in [0.2, 0.25) is 5.91 Å². The number of nitrogens with zero attached hydrogens (tertiary/aromatic N) is 2. The molecule has 5 heteroatoms. The minimum absolute atomic E-state index is 0.129. The quantitative estimate of drug-likeness (QED) is 0.626. The fourth-order valence-corrected chi connectivity index (χ4v) is 5.55. The molecule has 0 aromatic heterocycles. The Kier molecular flexibility index (Phi) is 5.97. The molecular formula is C28H28N2O3. The summed E-state index contributed by atoms with van der Waals surface area (Å²) >= 11 is 0. The van der Waals surface area contributed by atoms with Crippen molar-refractivity contribution in [1.29, 1.82) is 0 Å². The van der Waals surface area contributed by atoms with Crippen molar-refractivity contribution in [2.24, 2.45) is 0 Å². The predicted molar refractivity (Wildman–Crippen MR) is 127 cm³/mol. The van der Waals surface area contributed by atoms with E-state index in [-0.39, 0.29) is 18.0 Å². The second-order valence-electron chi connectivity index (χ2n) is 8.98. The Hall–Kier alpha value is -3.44. The Balaban J connectivity index is 1.48. The first kappa shape index (κ1) is 21.4. The van der Waals surface area contributed by atoms with Gasteiger partial charge in [-0.05, 0) is 29.5 Å². The number of piperazine rings is 1. The molecule has 2 bridgehead atoms. The van der Waals surface area contributed by atoms with Gasteiger partial charge in [0.05, 0.1) is 5.92 Å². The minimum atomic E-state index is -0.924. The molecule has 0 spiro atoms. The maximum Gasteiger partial charge on any atom is 0.328 e. The van der Waals surface area contributed by atoms with Crippen LogP contribution in [0, 0.1) is 0 Å². The number of amides is 1. The van der Waals surface area contributed by atoms with Gasteiger partial charge < -0.3 is 10.0 Å². The SMILES string of the molecule is O=C(O)[C@@H]1[C@H]2CC[C@@H](CN1C(=O)C(c1ccccc1)c1ccccc1)N2Cc1ccccc1. The van der Waals surface area contributed by atoms with Crippen LogP contribution in [0.25, 0.3) is 0 Å². The topological polar surface area (TPSA) is 60.9 Å². The van der Waals surface area contributed by atoms with Crippen LogP contribution in [0.5, 0.6) is 0 Å². The van der Waals surface area contributed by atoms with E-state index in [0.29, 0.717) is 13.1 Å². The van der Waals surface area contributed by atoms with Crippen molar-refractivity contribution in [3.63, 3.8) is 0 Å². The average Bonchev–Trinajstić information content (AvgIpc) is 3.10. The average molecular weight is 441 g/mol. The van der Waals surface area contributed by atoms with Gasteiger partial charge in [0, 0.05) is 25.2 Å². The highest BCUT2D eigenvalue weighted by Gasteiger charge is 2.51. The Bertz CT molecular complexity index is 1060. The van der Waals surface area contributed by atoms with E-state index < -0.39 is 17.9 Å². The Morgan fingerprint density at radius 2 is 1.36 bits per heavy atom. The minimum Gasteiger partial charge on any atom is -0.480 e. The first-order chi connectivity index (χ1) is 16.1. The lowest BCUT2D eigenvalue weighted by Gasteiger charge is -2.46. The number of likely N-dealkylation sites (tertiary alicyclic amines) is 1. The molecule has 3 aromatic rings. The fourth-order valence-electron chi connectivity index (χ4n) is 5.55. The molecule has 5 rings (SSSR count). The molecule has 0 aliphatic carbocycles. The molecule has 33 heavy (non-hydrogen) atoms. The second-order valence-corrected chi connectivity index (χ2v) is 8.98. The van der Waals surface area contributed by atoms with E-state index in [1.54, 1.807) is 4.90 Å². The van der Waals surface area contributed by atoms with E-state index in [1.165, 1.54) is 5.56 Å². The summed E-state index contributed by atoms with van der Waals surface area (Å²) in [5.74, 6) is -1.57. The number of benzene rings is 3. The van der Waals surface area contributed by atoms with E-state index in [0.717, 1.165) is 24.0 Å². The zero-order chi connectivity index (χ0) is 22.8. The van der Waals surface area contributed by atoms with E-state index in [1.807, 2.05) is 78.9 Å². The zero-order valence-corrected chi connectivity index (χ0v) is 18.5. The normalized spacial score (nSPS) is 22.5. The third-order valence-electron chi connectivity index (χ3n) is 7.06. The molecule has 1 N–H and O–H groups in total. The van der Waals surface area contributed by atoms with Gasteiger partial charge in [-0.2, -0.15) is 0 Å².